The number of nitrogens with zero attached hydrogens (tertiary/aromatic N) is 1. The summed E-state index contributed by atoms with van der Waals surface area (Å²) < 4.78 is 0. The van der Waals surface area contributed by atoms with Gasteiger partial charge in [0.15, 0.2) is 0 Å². The summed E-state index contributed by atoms with van der Waals surface area (Å²) in [7, 11) is 0. The quantitative estimate of drug-likeness (QED) is 0.711. The summed E-state index contributed by atoms with van der Waals surface area (Å²) in [5.74, 6) is -0.637. The number of ketones is 1. The van der Waals surface area contributed by atoms with E-state index in [1.165, 1.54) is 6.33 Å². The van der Waals surface area contributed by atoms with Crippen LogP contribution in [0, 0.1) is 0 Å². The van der Waals surface area contributed by atoms with Gasteiger partial charge in [0, 0.05) is 12.1 Å². The lowest BCUT2D eigenvalue weighted by atomic mass is 10.1. The third-order valence-electron chi connectivity index (χ3n) is 3.41. The Bertz CT molecular complexity index is 811. The normalized spacial score (nSPS) is 10.3. The Labute approximate surface area is 133 Å². The molecule has 0 fully saturated rings. The minimum Gasteiger partial charge on any atom is -0.347 e. The van der Waals surface area contributed by atoms with Crippen LogP contribution in [0.15, 0.2) is 67.0 Å². The van der Waals surface area contributed by atoms with Crippen LogP contribution in [0.25, 0.3) is 0 Å². The van der Waals surface area contributed by atoms with E-state index in [9.17, 15) is 9.59 Å². The summed E-state index contributed by atoms with van der Waals surface area (Å²) >= 11 is 0. The first-order valence-corrected chi connectivity index (χ1v) is 7.21. The summed E-state index contributed by atoms with van der Waals surface area (Å²) in [6.45, 7) is 0.387. The van der Waals surface area contributed by atoms with Gasteiger partial charge in [-0.25, -0.2) is 4.98 Å². The third-order valence-corrected chi connectivity index (χ3v) is 3.41. The first kappa shape index (κ1) is 14.7. The molecular formula is C18H15N3O2. The molecule has 2 aromatic carbocycles. The molecule has 0 spiro atoms. The van der Waals surface area contributed by atoms with Crippen LogP contribution in [0.3, 0.4) is 0 Å². The van der Waals surface area contributed by atoms with E-state index in [1.807, 2.05) is 36.4 Å². The average molecular weight is 305 g/mol. The van der Waals surface area contributed by atoms with Gasteiger partial charge in [0.25, 0.3) is 5.91 Å². The smallest absolute Gasteiger partial charge is 0.270 e. The van der Waals surface area contributed by atoms with Crippen LogP contribution in [0.1, 0.15) is 32.1 Å². The van der Waals surface area contributed by atoms with E-state index in [4.69, 9.17) is 0 Å². The van der Waals surface area contributed by atoms with Crippen LogP contribution in [0.4, 0.5) is 0 Å². The maximum atomic E-state index is 12.4. The summed E-state index contributed by atoms with van der Waals surface area (Å²) in [5.41, 5.74) is 1.78. The van der Waals surface area contributed by atoms with E-state index in [0.29, 0.717) is 12.1 Å². The van der Waals surface area contributed by atoms with Crippen LogP contribution in [0.5, 0.6) is 0 Å². The summed E-state index contributed by atoms with van der Waals surface area (Å²) in [4.78, 5) is 31.5. The number of nitrogens with one attached hydrogen (secondary N) is 2. The van der Waals surface area contributed by atoms with Gasteiger partial charge < -0.3 is 10.3 Å². The maximum absolute atomic E-state index is 12.4. The fourth-order valence-corrected chi connectivity index (χ4v) is 2.23. The molecule has 3 aromatic rings. The molecule has 3 rings (SSSR count). The number of carbonyl (C=O) groups excluding carboxylic acids is 2. The van der Waals surface area contributed by atoms with Crippen molar-refractivity contribution in [3.63, 3.8) is 0 Å². The summed E-state index contributed by atoms with van der Waals surface area (Å²) in [6, 6.07) is 18.3. The molecule has 0 aliphatic heterocycles. The first-order valence-electron chi connectivity index (χ1n) is 7.21. The van der Waals surface area contributed by atoms with Crippen LogP contribution in [0.2, 0.25) is 0 Å². The second kappa shape index (κ2) is 6.70. The molecular weight excluding hydrogens is 290 g/mol. The highest BCUT2D eigenvalue weighted by Gasteiger charge is 2.21. The molecule has 114 valence electrons. The lowest BCUT2D eigenvalue weighted by Crippen LogP contribution is -2.25. The summed E-state index contributed by atoms with van der Waals surface area (Å²) in [5, 5.41) is 2.79. The third kappa shape index (κ3) is 3.35. The Morgan fingerprint density at radius 1 is 0.957 bits per heavy atom. The molecule has 1 amide bonds. The molecule has 1 heterocycles. The highest BCUT2D eigenvalue weighted by atomic mass is 16.2. The maximum Gasteiger partial charge on any atom is 0.270 e. The molecule has 0 aliphatic rings. The van der Waals surface area contributed by atoms with Gasteiger partial charge in [-0.15, -0.1) is 0 Å². The Morgan fingerprint density at radius 2 is 1.61 bits per heavy atom. The van der Waals surface area contributed by atoms with Gasteiger partial charge in [-0.1, -0.05) is 60.7 Å². The van der Waals surface area contributed by atoms with Gasteiger partial charge in [0.1, 0.15) is 11.4 Å². The van der Waals surface area contributed by atoms with Gasteiger partial charge in [-0.05, 0) is 5.56 Å². The van der Waals surface area contributed by atoms with Gasteiger partial charge in [0.2, 0.25) is 5.78 Å². The number of aromatic amines is 1. The number of aromatic nitrogens is 2. The molecule has 2 N–H and O–H groups in total. The average Bonchev–Trinajstić information content (AvgIpc) is 3.10. The molecule has 0 unspecified atom stereocenters. The predicted octanol–water partition coefficient (Wildman–Crippen LogP) is 2.57. The lowest BCUT2D eigenvalue weighted by Gasteiger charge is -2.05. The van der Waals surface area contributed by atoms with Crippen molar-refractivity contribution in [1.82, 2.24) is 15.3 Å². The topological polar surface area (TPSA) is 74.8 Å². The molecule has 0 bridgehead atoms. The lowest BCUT2D eigenvalue weighted by molar-refractivity contribution is 0.0934. The largest absolute Gasteiger partial charge is 0.347 e. The number of imidazole rings is 1. The van der Waals surface area contributed by atoms with Crippen molar-refractivity contribution in [2.45, 2.75) is 6.54 Å². The number of benzene rings is 2. The molecule has 1 aromatic heterocycles. The number of hydrogen-bond donors (Lipinski definition) is 2. The zero-order valence-electron chi connectivity index (χ0n) is 12.3. The standard InChI is InChI=1S/C18H15N3O2/c22-17(14-9-5-2-6-10-14)15-16(21-12-20-15)18(23)19-11-13-7-3-1-4-8-13/h1-10,12H,11H2,(H,19,23)(H,20,21). The zero-order valence-corrected chi connectivity index (χ0v) is 12.3. The van der Waals surface area contributed by atoms with Crippen LogP contribution < -0.4 is 5.32 Å². The molecule has 0 saturated carbocycles. The number of H-pyrrole nitrogens is 1. The van der Waals surface area contributed by atoms with E-state index in [-0.39, 0.29) is 23.1 Å². The molecule has 0 aliphatic carbocycles. The van der Waals surface area contributed by atoms with E-state index in [0.717, 1.165) is 5.56 Å². The first-order chi connectivity index (χ1) is 11.3. The monoisotopic (exact) mass is 305 g/mol. The van der Waals surface area contributed by atoms with Gasteiger partial charge in [-0.2, -0.15) is 0 Å². The molecule has 5 nitrogen and oxygen atoms in total. The van der Waals surface area contributed by atoms with Crippen molar-refractivity contribution in [2.24, 2.45) is 0 Å². The van der Waals surface area contributed by atoms with Crippen molar-refractivity contribution in [1.29, 1.82) is 0 Å². The van der Waals surface area contributed by atoms with Crippen LogP contribution in [-0.4, -0.2) is 21.7 Å². The number of amides is 1. The van der Waals surface area contributed by atoms with Crippen LogP contribution in [-0.2, 0) is 6.54 Å². The van der Waals surface area contributed by atoms with Crippen molar-refractivity contribution in [2.75, 3.05) is 0 Å². The number of hydrogen-bond acceptors (Lipinski definition) is 3. The van der Waals surface area contributed by atoms with Gasteiger partial charge in [0.05, 0.1) is 6.33 Å². The zero-order chi connectivity index (χ0) is 16.1. The van der Waals surface area contributed by atoms with Crippen molar-refractivity contribution >= 4 is 11.7 Å². The molecule has 0 atom stereocenters. The van der Waals surface area contributed by atoms with Crippen molar-refractivity contribution in [3.8, 4) is 0 Å². The van der Waals surface area contributed by atoms with Crippen molar-refractivity contribution < 1.29 is 9.59 Å². The van der Waals surface area contributed by atoms with Gasteiger partial charge >= 0.3 is 0 Å². The van der Waals surface area contributed by atoms with E-state index < -0.39 is 0 Å². The van der Waals surface area contributed by atoms with Gasteiger partial charge in [-0.3, -0.25) is 9.59 Å². The predicted molar refractivity (Wildman–Crippen MR) is 86.1 cm³/mol. The second-order valence-corrected chi connectivity index (χ2v) is 4.99. The Hall–Kier alpha value is -3.21. The SMILES string of the molecule is O=C(c1ccccc1)c1nc[nH]c1C(=O)NCc1ccccc1. The highest BCUT2D eigenvalue weighted by Crippen LogP contribution is 2.11. The number of rotatable bonds is 5. The van der Waals surface area contributed by atoms with E-state index in [2.05, 4.69) is 15.3 Å². The molecule has 5 heteroatoms. The van der Waals surface area contributed by atoms with Crippen molar-refractivity contribution in [3.05, 3.63) is 89.5 Å². The minimum absolute atomic E-state index is 0.127. The fraction of sp³-hybridized carbons (Fsp3) is 0.0556. The summed E-state index contributed by atoms with van der Waals surface area (Å²) in [6.07, 6.45) is 1.35. The second-order valence-electron chi connectivity index (χ2n) is 4.99. The van der Waals surface area contributed by atoms with Crippen LogP contribution >= 0.6 is 0 Å². The molecule has 23 heavy (non-hydrogen) atoms. The Balaban J connectivity index is 1.75. The Kier molecular flexibility index (Phi) is 4.29. The Morgan fingerprint density at radius 3 is 2.30 bits per heavy atom. The van der Waals surface area contributed by atoms with E-state index in [1.54, 1.807) is 24.3 Å². The fourth-order valence-electron chi connectivity index (χ4n) is 2.23. The molecule has 0 radical (unpaired) electrons. The number of carbonyl (C=O) groups is 2. The minimum atomic E-state index is -0.356. The highest BCUT2D eigenvalue weighted by molar-refractivity contribution is 6.13. The van der Waals surface area contributed by atoms with E-state index >= 15 is 0 Å². The molecule has 0 saturated heterocycles.